The molecule has 104 valence electrons. The van der Waals surface area contributed by atoms with Gasteiger partial charge in [0.2, 0.25) is 5.91 Å². The molecule has 0 aliphatic carbocycles. The molecule has 1 aromatic rings. The average molecular weight is 264 g/mol. The van der Waals surface area contributed by atoms with Crippen molar-refractivity contribution in [1.29, 1.82) is 0 Å². The SMILES string of the molecule is CCOc1ccc(NC(=O)C2(N)CCOCC2)cc1. The Balaban J connectivity index is 1.98. The number of amides is 1. The summed E-state index contributed by atoms with van der Waals surface area (Å²) < 4.78 is 10.6. The van der Waals surface area contributed by atoms with E-state index in [9.17, 15) is 4.79 Å². The summed E-state index contributed by atoms with van der Waals surface area (Å²) in [4.78, 5) is 12.2. The van der Waals surface area contributed by atoms with Crippen molar-refractivity contribution < 1.29 is 14.3 Å². The lowest BCUT2D eigenvalue weighted by Crippen LogP contribution is -2.54. The van der Waals surface area contributed by atoms with E-state index in [-0.39, 0.29) is 5.91 Å². The van der Waals surface area contributed by atoms with E-state index in [0.717, 1.165) is 11.4 Å². The minimum Gasteiger partial charge on any atom is -0.494 e. The summed E-state index contributed by atoms with van der Waals surface area (Å²) in [6.45, 7) is 3.62. The van der Waals surface area contributed by atoms with Crippen molar-refractivity contribution in [3.05, 3.63) is 24.3 Å². The van der Waals surface area contributed by atoms with E-state index < -0.39 is 5.54 Å². The minimum atomic E-state index is -0.823. The maximum atomic E-state index is 12.2. The third-order valence-electron chi connectivity index (χ3n) is 3.26. The highest BCUT2D eigenvalue weighted by molar-refractivity contribution is 5.98. The summed E-state index contributed by atoms with van der Waals surface area (Å²) >= 11 is 0. The van der Waals surface area contributed by atoms with Crippen LogP contribution in [0.25, 0.3) is 0 Å². The Bertz CT molecular complexity index is 425. The van der Waals surface area contributed by atoms with Gasteiger partial charge in [0.25, 0.3) is 0 Å². The van der Waals surface area contributed by atoms with Gasteiger partial charge in [-0.15, -0.1) is 0 Å². The zero-order chi connectivity index (χ0) is 13.7. The molecule has 3 N–H and O–H groups in total. The van der Waals surface area contributed by atoms with Crippen LogP contribution in [0.1, 0.15) is 19.8 Å². The molecule has 0 spiro atoms. The Morgan fingerprint density at radius 1 is 1.37 bits per heavy atom. The molecule has 0 radical (unpaired) electrons. The number of nitrogens with one attached hydrogen (secondary N) is 1. The van der Waals surface area contributed by atoms with Gasteiger partial charge >= 0.3 is 0 Å². The van der Waals surface area contributed by atoms with Crippen molar-refractivity contribution in [2.45, 2.75) is 25.3 Å². The molecule has 0 aromatic heterocycles. The molecule has 1 aliphatic heterocycles. The molecular formula is C14H20N2O3. The molecule has 5 heteroatoms. The Hall–Kier alpha value is -1.59. The monoisotopic (exact) mass is 264 g/mol. The highest BCUT2D eigenvalue weighted by atomic mass is 16.5. The molecule has 2 rings (SSSR count). The van der Waals surface area contributed by atoms with Gasteiger partial charge in [0, 0.05) is 18.9 Å². The summed E-state index contributed by atoms with van der Waals surface area (Å²) in [6.07, 6.45) is 1.10. The molecule has 0 bridgehead atoms. The lowest BCUT2D eigenvalue weighted by atomic mass is 9.90. The summed E-state index contributed by atoms with van der Waals surface area (Å²) in [5.74, 6) is 0.633. The van der Waals surface area contributed by atoms with Crippen LogP contribution in [0.2, 0.25) is 0 Å². The Kier molecular flexibility index (Phi) is 4.39. The van der Waals surface area contributed by atoms with Crippen LogP contribution in [0, 0.1) is 0 Å². The third-order valence-corrected chi connectivity index (χ3v) is 3.26. The number of ether oxygens (including phenoxy) is 2. The number of rotatable bonds is 4. The van der Waals surface area contributed by atoms with Crippen molar-refractivity contribution in [2.75, 3.05) is 25.1 Å². The fourth-order valence-corrected chi connectivity index (χ4v) is 2.02. The number of hydrogen-bond donors (Lipinski definition) is 2. The topological polar surface area (TPSA) is 73.6 Å². The highest BCUT2D eigenvalue weighted by Crippen LogP contribution is 2.21. The largest absolute Gasteiger partial charge is 0.494 e. The average Bonchev–Trinajstić information content (AvgIpc) is 2.42. The van der Waals surface area contributed by atoms with Crippen LogP contribution >= 0.6 is 0 Å². The van der Waals surface area contributed by atoms with E-state index in [1.54, 1.807) is 0 Å². The number of benzene rings is 1. The fourth-order valence-electron chi connectivity index (χ4n) is 2.02. The number of carbonyl (C=O) groups excluding carboxylic acids is 1. The Morgan fingerprint density at radius 2 is 2.00 bits per heavy atom. The van der Waals surface area contributed by atoms with Crippen LogP contribution in [0.15, 0.2) is 24.3 Å². The van der Waals surface area contributed by atoms with E-state index in [2.05, 4.69) is 5.32 Å². The third kappa shape index (κ3) is 3.45. The van der Waals surface area contributed by atoms with E-state index in [1.807, 2.05) is 31.2 Å². The van der Waals surface area contributed by atoms with Crippen molar-refractivity contribution in [3.63, 3.8) is 0 Å². The molecule has 0 saturated carbocycles. The quantitative estimate of drug-likeness (QED) is 0.865. The highest BCUT2D eigenvalue weighted by Gasteiger charge is 2.35. The number of carbonyl (C=O) groups is 1. The second kappa shape index (κ2) is 6.04. The maximum Gasteiger partial charge on any atom is 0.244 e. The molecule has 0 unspecified atom stereocenters. The van der Waals surface area contributed by atoms with E-state index in [1.165, 1.54) is 0 Å². The van der Waals surface area contributed by atoms with Gasteiger partial charge in [-0.05, 0) is 44.0 Å². The Morgan fingerprint density at radius 3 is 2.58 bits per heavy atom. The van der Waals surface area contributed by atoms with Gasteiger partial charge in [-0.3, -0.25) is 4.79 Å². The zero-order valence-electron chi connectivity index (χ0n) is 11.1. The molecule has 1 aromatic carbocycles. The van der Waals surface area contributed by atoms with E-state index >= 15 is 0 Å². The molecule has 1 fully saturated rings. The first-order chi connectivity index (χ1) is 9.14. The predicted molar refractivity (Wildman–Crippen MR) is 73.2 cm³/mol. The van der Waals surface area contributed by atoms with Gasteiger partial charge < -0.3 is 20.5 Å². The smallest absolute Gasteiger partial charge is 0.244 e. The minimum absolute atomic E-state index is 0.153. The first kappa shape index (κ1) is 13.8. The predicted octanol–water partition coefficient (Wildman–Crippen LogP) is 1.53. The molecule has 1 amide bonds. The van der Waals surface area contributed by atoms with Gasteiger partial charge in [0.15, 0.2) is 0 Å². The fraction of sp³-hybridized carbons (Fsp3) is 0.500. The van der Waals surface area contributed by atoms with E-state index in [4.69, 9.17) is 15.2 Å². The summed E-state index contributed by atoms with van der Waals surface area (Å²) in [6, 6.07) is 7.27. The van der Waals surface area contributed by atoms with Crippen molar-refractivity contribution in [3.8, 4) is 5.75 Å². The van der Waals surface area contributed by atoms with E-state index in [0.29, 0.717) is 32.7 Å². The summed E-state index contributed by atoms with van der Waals surface area (Å²) in [5.41, 5.74) is 6.02. The molecule has 1 aliphatic rings. The van der Waals surface area contributed by atoms with Crippen LogP contribution < -0.4 is 15.8 Å². The van der Waals surface area contributed by atoms with Crippen molar-refractivity contribution in [2.24, 2.45) is 5.73 Å². The second-order valence-corrected chi connectivity index (χ2v) is 4.68. The Labute approximate surface area is 113 Å². The van der Waals surface area contributed by atoms with Crippen molar-refractivity contribution in [1.82, 2.24) is 0 Å². The van der Waals surface area contributed by atoms with Gasteiger partial charge in [-0.2, -0.15) is 0 Å². The number of hydrogen-bond acceptors (Lipinski definition) is 4. The van der Waals surface area contributed by atoms with Gasteiger partial charge in [0.05, 0.1) is 6.61 Å². The van der Waals surface area contributed by atoms with Crippen LogP contribution in [0.3, 0.4) is 0 Å². The molecule has 19 heavy (non-hydrogen) atoms. The van der Waals surface area contributed by atoms with Gasteiger partial charge in [-0.1, -0.05) is 0 Å². The second-order valence-electron chi connectivity index (χ2n) is 4.68. The molecule has 1 heterocycles. The zero-order valence-corrected chi connectivity index (χ0v) is 11.1. The van der Waals surface area contributed by atoms with Gasteiger partial charge in [0.1, 0.15) is 11.3 Å². The number of nitrogens with two attached hydrogens (primary N) is 1. The first-order valence-corrected chi connectivity index (χ1v) is 6.55. The van der Waals surface area contributed by atoms with Crippen LogP contribution in [0.5, 0.6) is 5.75 Å². The molecular weight excluding hydrogens is 244 g/mol. The van der Waals surface area contributed by atoms with Crippen LogP contribution in [0.4, 0.5) is 5.69 Å². The first-order valence-electron chi connectivity index (χ1n) is 6.55. The molecule has 5 nitrogen and oxygen atoms in total. The summed E-state index contributed by atoms with van der Waals surface area (Å²) in [7, 11) is 0. The van der Waals surface area contributed by atoms with Gasteiger partial charge in [-0.25, -0.2) is 0 Å². The molecule has 0 atom stereocenters. The standard InChI is InChI=1S/C14H20N2O3/c1-2-19-12-5-3-11(4-6-12)16-13(17)14(15)7-9-18-10-8-14/h3-6H,2,7-10,15H2,1H3,(H,16,17). The maximum absolute atomic E-state index is 12.2. The normalized spacial score (nSPS) is 17.8. The lowest BCUT2D eigenvalue weighted by molar-refractivity contribution is -0.124. The molecule has 1 saturated heterocycles. The van der Waals surface area contributed by atoms with Crippen molar-refractivity contribution >= 4 is 11.6 Å². The lowest BCUT2D eigenvalue weighted by Gasteiger charge is -2.31. The summed E-state index contributed by atoms with van der Waals surface area (Å²) in [5, 5.41) is 2.85. The van der Waals surface area contributed by atoms with Crippen LogP contribution in [-0.4, -0.2) is 31.3 Å². The number of anilines is 1. The van der Waals surface area contributed by atoms with Crippen LogP contribution in [-0.2, 0) is 9.53 Å².